The van der Waals surface area contributed by atoms with E-state index in [0.717, 1.165) is 5.82 Å². The largest absolute Gasteiger partial charge is 0.384 e. The van der Waals surface area contributed by atoms with Crippen molar-refractivity contribution in [2.45, 2.75) is 0 Å². The van der Waals surface area contributed by atoms with Crippen LogP contribution in [0, 0.1) is 0 Å². The third-order valence-corrected chi connectivity index (χ3v) is 1.34. The molecule has 9 heavy (non-hydrogen) atoms. The summed E-state index contributed by atoms with van der Waals surface area (Å²) in [4.78, 5) is 7.56. The number of nitrogen functional groups attached to an aromatic ring is 1. The van der Waals surface area contributed by atoms with Crippen molar-refractivity contribution in [1.82, 2.24) is 9.97 Å². The molecule has 0 spiro atoms. The van der Waals surface area contributed by atoms with Crippen LogP contribution in [0.1, 0.15) is 0 Å². The van der Waals surface area contributed by atoms with Crippen molar-refractivity contribution in [2.24, 2.45) is 0 Å². The molecule has 0 atom stereocenters. The predicted molar refractivity (Wildman–Crippen MR) is 44.1 cm³/mol. The van der Waals surface area contributed by atoms with E-state index in [2.05, 4.69) is 13.5 Å². The van der Waals surface area contributed by atoms with Crippen LogP contribution in [0.2, 0.25) is 0 Å². The molecular weight excluding hydrogens is 231 g/mol. The van der Waals surface area contributed by atoms with Crippen LogP contribution in [0.25, 0.3) is 0 Å². The first-order valence-electron chi connectivity index (χ1n) is 2.27. The molecule has 1 heterocycles. The molecule has 3 N–H and O–H groups in total. The third kappa shape index (κ3) is 1.67. The molecule has 0 aliphatic heterocycles. The summed E-state index contributed by atoms with van der Waals surface area (Å²) in [7, 11) is 0. The highest BCUT2D eigenvalue weighted by Gasteiger charge is 1.89. The SMILES string of the molecule is Nc1cc(NI)ncn1. The van der Waals surface area contributed by atoms with Gasteiger partial charge >= 0.3 is 0 Å². The second kappa shape index (κ2) is 2.81. The number of anilines is 2. The van der Waals surface area contributed by atoms with Crippen molar-refractivity contribution in [3.63, 3.8) is 0 Å². The van der Waals surface area contributed by atoms with Gasteiger partial charge in [0.05, 0.1) is 22.9 Å². The van der Waals surface area contributed by atoms with Gasteiger partial charge in [0.15, 0.2) is 0 Å². The highest BCUT2D eigenvalue weighted by molar-refractivity contribution is 14.1. The number of hydrogen-bond acceptors (Lipinski definition) is 4. The molecule has 1 aromatic rings. The Morgan fingerprint density at radius 2 is 2.33 bits per heavy atom. The summed E-state index contributed by atoms with van der Waals surface area (Å²) in [5, 5.41) is 0. The Kier molecular flexibility index (Phi) is 2.04. The smallest absolute Gasteiger partial charge is 0.140 e. The Bertz CT molecular complexity index is 202. The molecule has 0 unspecified atom stereocenters. The fraction of sp³-hybridized carbons (Fsp3) is 0. The van der Waals surface area contributed by atoms with Crippen molar-refractivity contribution >= 4 is 34.5 Å². The molecule has 0 fully saturated rings. The van der Waals surface area contributed by atoms with Gasteiger partial charge in [0.1, 0.15) is 18.0 Å². The Balaban J connectivity index is 2.94. The maximum atomic E-state index is 5.34. The molecule has 0 saturated carbocycles. The molecule has 0 bridgehead atoms. The lowest BCUT2D eigenvalue weighted by molar-refractivity contribution is 1.19. The quantitative estimate of drug-likeness (QED) is 0.559. The average Bonchev–Trinajstić information content (AvgIpc) is 1.88. The highest BCUT2D eigenvalue weighted by Crippen LogP contribution is 2.05. The van der Waals surface area contributed by atoms with Gasteiger partial charge in [0.2, 0.25) is 0 Å². The lowest BCUT2D eigenvalue weighted by atomic mass is 10.5. The van der Waals surface area contributed by atoms with Gasteiger partial charge in [-0.15, -0.1) is 0 Å². The molecule has 0 amide bonds. The van der Waals surface area contributed by atoms with E-state index in [9.17, 15) is 0 Å². The Labute approximate surface area is 66.4 Å². The zero-order valence-electron chi connectivity index (χ0n) is 4.50. The Hall–Kier alpha value is -0.590. The molecule has 48 valence electrons. The van der Waals surface area contributed by atoms with E-state index in [1.807, 2.05) is 22.9 Å². The van der Waals surface area contributed by atoms with Crippen LogP contribution in [-0.4, -0.2) is 9.97 Å². The standard InChI is InChI=1S/C4H5IN4/c5-9-4-1-3(6)7-2-8-4/h1-2H,(H3,6,7,8,9). The molecule has 0 saturated heterocycles. The second-order valence-corrected chi connectivity index (χ2v) is 1.96. The molecule has 4 nitrogen and oxygen atoms in total. The zero-order valence-corrected chi connectivity index (χ0v) is 6.66. The minimum absolute atomic E-state index is 0.476. The fourth-order valence-electron chi connectivity index (χ4n) is 0.424. The summed E-state index contributed by atoms with van der Waals surface area (Å²) < 4.78 is 2.81. The minimum Gasteiger partial charge on any atom is -0.384 e. The van der Waals surface area contributed by atoms with Gasteiger partial charge in [-0.2, -0.15) is 0 Å². The first kappa shape index (κ1) is 6.53. The van der Waals surface area contributed by atoms with Gasteiger partial charge < -0.3 is 9.26 Å². The van der Waals surface area contributed by atoms with Crippen molar-refractivity contribution in [2.75, 3.05) is 9.26 Å². The van der Waals surface area contributed by atoms with Gasteiger partial charge in [-0.3, -0.25) is 0 Å². The summed E-state index contributed by atoms with van der Waals surface area (Å²) in [6, 6.07) is 1.66. The van der Waals surface area contributed by atoms with Crippen LogP contribution in [0.4, 0.5) is 11.6 Å². The predicted octanol–water partition coefficient (Wildman–Crippen LogP) is 0.821. The van der Waals surface area contributed by atoms with Gasteiger partial charge in [-0.25, -0.2) is 9.97 Å². The third-order valence-electron chi connectivity index (χ3n) is 0.785. The van der Waals surface area contributed by atoms with E-state index in [-0.39, 0.29) is 0 Å². The maximum absolute atomic E-state index is 5.34. The van der Waals surface area contributed by atoms with Crippen LogP contribution >= 0.6 is 22.9 Å². The summed E-state index contributed by atoms with van der Waals surface area (Å²) in [5.41, 5.74) is 5.34. The second-order valence-electron chi connectivity index (χ2n) is 1.42. The van der Waals surface area contributed by atoms with Crippen molar-refractivity contribution in [1.29, 1.82) is 0 Å². The highest BCUT2D eigenvalue weighted by atomic mass is 127. The maximum Gasteiger partial charge on any atom is 0.140 e. The average molecular weight is 236 g/mol. The molecule has 1 aromatic heterocycles. The molecular formula is C4H5IN4. The number of nitrogens with zero attached hydrogens (tertiary/aromatic N) is 2. The van der Waals surface area contributed by atoms with Crippen LogP contribution in [0.15, 0.2) is 12.4 Å². The fourth-order valence-corrected chi connectivity index (χ4v) is 0.719. The molecule has 0 aromatic carbocycles. The van der Waals surface area contributed by atoms with E-state index in [0.29, 0.717) is 5.82 Å². The lowest BCUT2D eigenvalue weighted by Crippen LogP contribution is -1.92. The first-order chi connectivity index (χ1) is 4.33. The summed E-state index contributed by atoms with van der Waals surface area (Å²) in [5.74, 6) is 1.20. The van der Waals surface area contributed by atoms with Crippen LogP contribution in [-0.2, 0) is 0 Å². The number of nitrogens with two attached hydrogens (primary N) is 1. The molecule has 0 aliphatic carbocycles. The Morgan fingerprint density at radius 3 is 2.78 bits per heavy atom. The van der Waals surface area contributed by atoms with E-state index in [1.54, 1.807) is 6.07 Å². The lowest BCUT2D eigenvalue weighted by Gasteiger charge is -1.94. The summed E-state index contributed by atoms with van der Waals surface area (Å²) in [6.45, 7) is 0. The molecule has 5 heteroatoms. The monoisotopic (exact) mass is 236 g/mol. The number of hydrogen-bond donors (Lipinski definition) is 2. The zero-order chi connectivity index (χ0) is 6.69. The van der Waals surface area contributed by atoms with Gasteiger partial charge in [-0.1, -0.05) is 0 Å². The summed E-state index contributed by atoms with van der Waals surface area (Å²) in [6.07, 6.45) is 1.41. The van der Waals surface area contributed by atoms with Crippen LogP contribution in [0.5, 0.6) is 0 Å². The van der Waals surface area contributed by atoms with Crippen LogP contribution < -0.4 is 9.26 Å². The van der Waals surface area contributed by atoms with E-state index < -0.39 is 0 Å². The van der Waals surface area contributed by atoms with E-state index >= 15 is 0 Å². The van der Waals surface area contributed by atoms with Gasteiger partial charge in [0.25, 0.3) is 0 Å². The number of aromatic nitrogens is 2. The van der Waals surface area contributed by atoms with Gasteiger partial charge in [0, 0.05) is 6.07 Å². The number of nitrogens with one attached hydrogen (secondary N) is 1. The van der Waals surface area contributed by atoms with Crippen LogP contribution in [0.3, 0.4) is 0 Å². The van der Waals surface area contributed by atoms with Crippen molar-refractivity contribution in [3.05, 3.63) is 12.4 Å². The molecule has 1 rings (SSSR count). The van der Waals surface area contributed by atoms with Crippen molar-refractivity contribution < 1.29 is 0 Å². The number of rotatable bonds is 1. The van der Waals surface area contributed by atoms with E-state index in [1.165, 1.54) is 6.33 Å². The molecule has 0 aliphatic rings. The molecule has 0 radical (unpaired) electrons. The number of halogens is 1. The summed E-state index contributed by atoms with van der Waals surface area (Å²) >= 11 is 1.97. The minimum atomic E-state index is 0.476. The van der Waals surface area contributed by atoms with Gasteiger partial charge in [-0.05, 0) is 0 Å². The van der Waals surface area contributed by atoms with Crippen molar-refractivity contribution in [3.8, 4) is 0 Å². The topological polar surface area (TPSA) is 63.8 Å². The van der Waals surface area contributed by atoms with E-state index in [4.69, 9.17) is 5.73 Å². The Morgan fingerprint density at radius 1 is 1.56 bits per heavy atom. The normalized spacial score (nSPS) is 9.00. The first-order valence-corrected chi connectivity index (χ1v) is 3.35.